The molecule has 0 spiro atoms. The summed E-state index contributed by atoms with van der Waals surface area (Å²) in [7, 11) is 0. The van der Waals surface area contributed by atoms with Crippen LogP contribution in [0.15, 0.2) is 0 Å². The maximum Gasteiger partial charge on any atom is 0.316 e. The molecule has 0 fully saturated rings. The molecule has 12 heavy (non-hydrogen) atoms. The normalized spacial score (nSPS) is 9.92. The van der Waals surface area contributed by atoms with E-state index < -0.39 is 0 Å². The SMILES string of the molecule is CCOc1nc(C)c(N)c(C)n1. The molecular weight excluding hydrogens is 154 g/mol. The lowest BCUT2D eigenvalue weighted by Gasteiger charge is -2.05. The van der Waals surface area contributed by atoms with Crippen molar-refractivity contribution in [3.8, 4) is 6.01 Å². The molecule has 0 saturated carbocycles. The monoisotopic (exact) mass is 167 g/mol. The molecule has 1 aromatic rings. The quantitative estimate of drug-likeness (QED) is 0.715. The molecule has 0 unspecified atom stereocenters. The molecule has 1 rings (SSSR count). The van der Waals surface area contributed by atoms with Crippen LogP contribution in [0.3, 0.4) is 0 Å². The van der Waals surface area contributed by atoms with E-state index in [0.717, 1.165) is 11.4 Å². The number of rotatable bonds is 2. The van der Waals surface area contributed by atoms with Crippen LogP contribution in [0.25, 0.3) is 0 Å². The number of aryl methyl sites for hydroxylation is 2. The smallest absolute Gasteiger partial charge is 0.316 e. The van der Waals surface area contributed by atoms with Crippen molar-refractivity contribution < 1.29 is 4.74 Å². The number of hydrogen-bond donors (Lipinski definition) is 1. The van der Waals surface area contributed by atoms with E-state index in [-0.39, 0.29) is 0 Å². The molecule has 0 atom stereocenters. The zero-order valence-electron chi connectivity index (χ0n) is 7.59. The molecule has 0 bridgehead atoms. The van der Waals surface area contributed by atoms with Crippen LogP contribution in [-0.4, -0.2) is 16.6 Å². The van der Waals surface area contributed by atoms with E-state index in [1.54, 1.807) is 0 Å². The molecule has 66 valence electrons. The van der Waals surface area contributed by atoms with E-state index in [1.165, 1.54) is 0 Å². The van der Waals surface area contributed by atoms with E-state index >= 15 is 0 Å². The Morgan fingerprint density at radius 1 is 1.25 bits per heavy atom. The summed E-state index contributed by atoms with van der Waals surface area (Å²) in [5.74, 6) is 0. The Bertz CT molecular complexity index is 263. The average Bonchev–Trinajstić information content (AvgIpc) is 2.01. The molecular formula is C8H13N3O. The van der Waals surface area contributed by atoms with Gasteiger partial charge >= 0.3 is 6.01 Å². The van der Waals surface area contributed by atoms with Crippen LogP contribution in [0.2, 0.25) is 0 Å². The van der Waals surface area contributed by atoms with Crippen LogP contribution in [-0.2, 0) is 0 Å². The minimum atomic E-state index is 0.404. The third-order valence-electron chi connectivity index (χ3n) is 1.58. The van der Waals surface area contributed by atoms with Gasteiger partial charge in [-0.25, -0.2) is 0 Å². The summed E-state index contributed by atoms with van der Waals surface area (Å²) in [6.07, 6.45) is 0. The van der Waals surface area contributed by atoms with Gasteiger partial charge in [-0.05, 0) is 20.8 Å². The van der Waals surface area contributed by atoms with Gasteiger partial charge in [-0.2, -0.15) is 9.97 Å². The van der Waals surface area contributed by atoms with Gasteiger partial charge in [0.2, 0.25) is 0 Å². The Morgan fingerprint density at radius 3 is 2.17 bits per heavy atom. The van der Waals surface area contributed by atoms with Crippen LogP contribution >= 0.6 is 0 Å². The van der Waals surface area contributed by atoms with Crippen molar-refractivity contribution in [1.82, 2.24) is 9.97 Å². The minimum absolute atomic E-state index is 0.404. The number of nitrogen functional groups attached to an aromatic ring is 1. The number of hydrogen-bond acceptors (Lipinski definition) is 4. The van der Waals surface area contributed by atoms with Gasteiger partial charge < -0.3 is 10.5 Å². The molecule has 0 aromatic carbocycles. The second-order valence-corrected chi connectivity index (χ2v) is 2.52. The van der Waals surface area contributed by atoms with Crippen LogP contribution in [0.4, 0.5) is 5.69 Å². The third kappa shape index (κ3) is 1.64. The summed E-state index contributed by atoms with van der Waals surface area (Å²) >= 11 is 0. The summed E-state index contributed by atoms with van der Waals surface area (Å²) in [6.45, 7) is 6.15. The number of nitrogens with zero attached hydrogens (tertiary/aromatic N) is 2. The Labute approximate surface area is 71.8 Å². The molecule has 4 heteroatoms. The van der Waals surface area contributed by atoms with E-state index in [9.17, 15) is 0 Å². The first-order chi connectivity index (χ1) is 5.65. The highest BCUT2D eigenvalue weighted by Crippen LogP contribution is 2.14. The standard InChI is InChI=1S/C8H13N3O/c1-4-12-8-10-5(2)7(9)6(3)11-8/h4,9H2,1-3H3. The molecule has 2 N–H and O–H groups in total. The fourth-order valence-electron chi connectivity index (χ4n) is 0.888. The van der Waals surface area contributed by atoms with Gasteiger partial charge in [0.1, 0.15) is 0 Å². The van der Waals surface area contributed by atoms with Crippen LogP contribution in [0, 0.1) is 13.8 Å². The van der Waals surface area contributed by atoms with E-state index in [1.807, 2.05) is 20.8 Å². The van der Waals surface area contributed by atoms with Gasteiger partial charge in [0.15, 0.2) is 0 Å². The van der Waals surface area contributed by atoms with Crippen molar-refractivity contribution in [1.29, 1.82) is 0 Å². The van der Waals surface area contributed by atoms with Crippen molar-refractivity contribution in [2.75, 3.05) is 12.3 Å². The summed E-state index contributed by atoms with van der Waals surface area (Å²) < 4.78 is 5.14. The molecule has 0 aliphatic rings. The summed E-state index contributed by atoms with van der Waals surface area (Å²) in [5.41, 5.74) is 7.84. The fraction of sp³-hybridized carbons (Fsp3) is 0.500. The minimum Gasteiger partial charge on any atom is -0.464 e. The van der Waals surface area contributed by atoms with Crippen molar-refractivity contribution in [2.45, 2.75) is 20.8 Å². The predicted molar refractivity (Wildman–Crippen MR) is 47.1 cm³/mol. The molecule has 0 aliphatic carbocycles. The fourth-order valence-corrected chi connectivity index (χ4v) is 0.888. The highest BCUT2D eigenvalue weighted by atomic mass is 16.5. The lowest BCUT2D eigenvalue weighted by atomic mass is 10.3. The second-order valence-electron chi connectivity index (χ2n) is 2.52. The highest BCUT2D eigenvalue weighted by Gasteiger charge is 2.04. The van der Waals surface area contributed by atoms with Gasteiger partial charge in [-0.3, -0.25) is 0 Å². The van der Waals surface area contributed by atoms with Crippen molar-refractivity contribution in [3.05, 3.63) is 11.4 Å². The molecule has 0 amide bonds. The third-order valence-corrected chi connectivity index (χ3v) is 1.58. The molecule has 1 heterocycles. The first kappa shape index (κ1) is 8.77. The Balaban J connectivity index is 3.04. The average molecular weight is 167 g/mol. The van der Waals surface area contributed by atoms with Gasteiger partial charge in [-0.1, -0.05) is 0 Å². The maximum absolute atomic E-state index is 5.67. The Kier molecular flexibility index (Phi) is 2.47. The largest absolute Gasteiger partial charge is 0.464 e. The van der Waals surface area contributed by atoms with Crippen LogP contribution < -0.4 is 10.5 Å². The summed E-state index contributed by atoms with van der Waals surface area (Å²) in [4.78, 5) is 8.13. The summed E-state index contributed by atoms with van der Waals surface area (Å²) in [6, 6.07) is 0.404. The van der Waals surface area contributed by atoms with Gasteiger partial charge in [0.05, 0.1) is 23.7 Å². The first-order valence-electron chi connectivity index (χ1n) is 3.88. The van der Waals surface area contributed by atoms with Crippen LogP contribution in [0.1, 0.15) is 18.3 Å². The van der Waals surface area contributed by atoms with Crippen LogP contribution in [0.5, 0.6) is 6.01 Å². The number of anilines is 1. The van der Waals surface area contributed by atoms with Crippen molar-refractivity contribution in [3.63, 3.8) is 0 Å². The predicted octanol–water partition coefficient (Wildman–Crippen LogP) is 1.07. The van der Waals surface area contributed by atoms with Crippen molar-refractivity contribution >= 4 is 5.69 Å². The van der Waals surface area contributed by atoms with Gasteiger partial charge in [0, 0.05) is 0 Å². The Hall–Kier alpha value is -1.32. The van der Waals surface area contributed by atoms with E-state index in [2.05, 4.69) is 9.97 Å². The van der Waals surface area contributed by atoms with E-state index in [0.29, 0.717) is 18.3 Å². The van der Waals surface area contributed by atoms with Gasteiger partial charge in [0.25, 0.3) is 0 Å². The maximum atomic E-state index is 5.67. The second kappa shape index (κ2) is 3.38. The number of nitrogens with two attached hydrogens (primary N) is 1. The molecule has 4 nitrogen and oxygen atoms in total. The zero-order valence-corrected chi connectivity index (χ0v) is 7.59. The molecule has 0 saturated heterocycles. The number of aromatic nitrogens is 2. The molecule has 0 radical (unpaired) electrons. The lowest BCUT2D eigenvalue weighted by molar-refractivity contribution is 0.311. The van der Waals surface area contributed by atoms with Gasteiger partial charge in [-0.15, -0.1) is 0 Å². The topological polar surface area (TPSA) is 61.0 Å². The van der Waals surface area contributed by atoms with E-state index in [4.69, 9.17) is 10.5 Å². The lowest BCUT2D eigenvalue weighted by Crippen LogP contribution is -2.04. The summed E-state index contributed by atoms with van der Waals surface area (Å²) in [5, 5.41) is 0. The Morgan fingerprint density at radius 2 is 1.75 bits per heavy atom. The molecule has 0 aliphatic heterocycles. The van der Waals surface area contributed by atoms with Crippen molar-refractivity contribution in [2.24, 2.45) is 0 Å². The first-order valence-corrected chi connectivity index (χ1v) is 3.88. The zero-order chi connectivity index (χ0) is 9.14. The molecule has 1 aromatic heterocycles. The number of ether oxygens (including phenoxy) is 1. The highest BCUT2D eigenvalue weighted by molar-refractivity contribution is 5.46.